The molecule has 0 N–H and O–H groups in total. The van der Waals surface area contributed by atoms with Gasteiger partial charge in [-0.3, -0.25) is 14.7 Å². The molecule has 2 aromatic rings. The Morgan fingerprint density at radius 3 is 2.40 bits per heavy atom. The van der Waals surface area contributed by atoms with Gasteiger partial charge in [-0.15, -0.1) is 0 Å². The summed E-state index contributed by atoms with van der Waals surface area (Å²) in [4.78, 5) is 36.8. The maximum Gasteiger partial charge on any atom is 0.414 e. The molecule has 218 valence electrons. The van der Waals surface area contributed by atoms with Gasteiger partial charge in [0.05, 0.1) is 12.2 Å². The number of amides is 2. The van der Waals surface area contributed by atoms with Gasteiger partial charge in [-0.25, -0.2) is 4.79 Å². The number of anilines is 1. The highest BCUT2D eigenvalue weighted by atomic mass is 35.5. The molecule has 1 saturated carbocycles. The highest BCUT2D eigenvalue weighted by Gasteiger charge is 2.28. The third kappa shape index (κ3) is 8.83. The number of hydrogen-bond acceptors (Lipinski definition) is 6. The number of halogens is 1. The Bertz CT molecular complexity index is 1110. The first kappa shape index (κ1) is 30.1. The molecule has 1 aromatic carbocycles. The lowest BCUT2D eigenvalue weighted by Gasteiger charge is -2.30. The van der Waals surface area contributed by atoms with Crippen molar-refractivity contribution in [1.82, 2.24) is 14.8 Å². The van der Waals surface area contributed by atoms with E-state index in [1.165, 1.54) is 30.8 Å². The standard InChI is InChI=1S/C31H43ClN4O4/c1-31(2,3)40-30(38)36(27-11-13-33-14-12-27)19-20-39-28-22-24(21-25(32)23-28)29(37)35(26-9-4-5-10-26)18-8-17-34-15-6-7-16-34/h11-14,21-23,26H,4-10,15-20H2,1-3H3. The number of hydrogen-bond donors (Lipinski definition) is 0. The minimum Gasteiger partial charge on any atom is -0.492 e. The lowest BCUT2D eigenvalue weighted by molar-refractivity contribution is 0.0574. The van der Waals surface area contributed by atoms with E-state index in [0.29, 0.717) is 22.0 Å². The van der Waals surface area contributed by atoms with Gasteiger partial charge in [0.1, 0.15) is 18.0 Å². The van der Waals surface area contributed by atoms with E-state index in [1.54, 1.807) is 42.7 Å². The van der Waals surface area contributed by atoms with Gasteiger partial charge in [0.25, 0.3) is 5.91 Å². The van der Waals surface area contributed by atoms with Crippen LogP contribution in [-0.2, 0) is 4.74 Å². The summed E-state index contributed by atoms with van der Waals surface area (Å²) in [5, 5.41) is 0.447. The summed E-state index contributed by atoms with van der Waals surface area (Å²) in [6.45, 7) is 10.0. The van der Waals surface area contributed by atoms with Crippen molar-refractivity contribution in [2.45, 2.75) is 77.4 Å². The van der Waals surface area contributed by atoms with Gasteiger partial charge in [0, 0.05) is 35.6 Å². The molecular weight excluding hydrogens is 528 g/mol. The van der Waals surface area contributed by atoms with Gasteiger partial charge in [0.15, 0.2) is 0 Å². The second-order valence-electron chi connectivity index (χ2n) is 11.7. The lowest BCUT2D eigenvalue weighted by atomic mass is 10.1. The van der Waals surface area contributed by atoms with Crippen LogP contribution >= 0.6 is 11.6 Å². The zero-order valence-electron chi connectivity index (χ0n) is 24.1. The molecule has 2 aliphatic rings. The van der Waals surface area contributed by atoms with Crippen molar-refractivity contribution >= 4 is 29.3 Å². The van der Waals surface area contributed by atoms with Crippen molar-refractivity contribution in [3.63, 3.8) is 0 Å². The molecule has 2 amide bonds. The maximum absolute atomic E-state index is 13.8. The van der Waals surface area contributed by atoms with Crippen molar-refractivity contribution in [3.8, 4) is 5.75 Å². The van der Waals surface area contributed by atoms with Crippen LogP contribution in [0, 0.1) is 0 Å². The van der Waals surface area contributed by atoms with E-state index in [2.05, 4.69) is 14.8 Å². The fourth-order valence-electron chi connectivity index (χ4n) is 5.49. The predicted molar refractivity (Wildman–Crippen MR) is 158 cm³/mol. The molecule has 8 nitrogen and oxygen atoms in total. The van der Waals surface area contributed by atoms with Gasteiger partial charge in [-0.1, -0.05) is 24.4 Å². The summed E-state index contributed by atoms with van der Waals surface area (Å²) in [6.07, 6.45) is 10.7. The average molecular weight is 571 g/mol. The van der Waals surface area contributed by atoms with Crippen molar-refractivity contribution in [2.75, 3.05) is 44.2 Å². The second kappa shape index (κ2) is 14.2. The minimum absolute atomic E-state index is 0.00726. The predicted octanol–water partition coefficient (Wildman–Crippen LogP) is 6.43. The quantitative estimate of drug-likeness (QED) is 0.310. The van der Waals surface area contributed by atoms with E-state index in [9.17, 15) is 9.59 Å². The van der Waals surface area contributed by atoms with Crippen LogP contribution in [0.15, 0.2) is 42.7 Å². The van der Waals surface area contributed by atoms with E-state index >= 15 is 0 Å². The highest BCUT2D eigenvalue weighted by Crippen LogP contribution is 2.28. The van der Waals surface area contributed by atoms with Crippen LogP contribution in [0.3, 0.4) is 0 Å². The molecule has 0 atom stereocenters. The Labute approximate surface area is 243 Å². The van der Waals surface area contributed by atoms with E-state index in [0.717, 1.165) is 45.2 Å². The van der Waals surface area contributed by atoms with Crippen LogP contribution in [0.5, 0.6) is 5.75 Å². The number of likely N-dealkylation sites (tertiary alicyclic amines) is 1. The molecule has 1 aliphatic carbocycles. The van der Waals surface area contributed by atoms with Crippen molar-refractivity contribution in [3.05, 3.63) is 53.3 Å². The molecule has 1 saturated heterocycles. The molecule has 9 heteroatoms. The molecule has 0 radical (unpaired) electrons. The summed E-state index contributed by atoms with van der Waals surface area (Å²) < 4.78 is 11.6. The van der Waals surface area contributed by atoms with Crippen LogP contribution in [0.1, 0.15) is 76.1 Å². The zero-order chi connectivity index (χ0) is 28.5. The van der Waals surface area contributed by atoms with Crippen LogP contribution in [0.4, 0.5) is 10.5 Å². The van der Waals surface area contributed by atoms with Gasteiger partial charge in [-0.2, -0.15) is 0 Å². The smallest absolute Gasteiger partial charge is 0.414 e. The summed E-state index contributed by atoms with van der Waals surface area (Å²) in [5.41, 5.74) is 0.565. The Morgan fingerprint density at radius 2 is 1.73 bits per heavy atom. The first-order valence-corrected chi connectivity index (χ1v) is 14.9. The molecule has 40 heavy (non-hydrogen) atoms. The Balaban J connectivity index is 1.42. The summed E-state index contributed by atoms with van der Waals surface area (Å²) in [7, 11) is 0. The minimum atomic E-state index is -0.634. The van der Waals surface area contributed by atoms with Crippen LogP contribution < -0.4 is 9.64 Å². The largest absolute Gasteiger partial charge is 0.492 e. The molecule has 0 bridgehead atoms. The van der Waals surface area contributed by atoms with Gasteiger partial charge in [0.2, 0.25) is 0 Å². The molecule has 2 heterocycles. The fourth-order valence-corrected chi connectivity index (χ4v) is 5.72. The van der Waals surface area contributed by atoms with Crippen LogP contribution in [-0.4, -0.2) is 77.8 Å². The normalized spacial score (nSPS) is 16.2. The number of pyridine rings is 1. The Morgan fingerprint density at radius 1 is 1.02 bits per heavy atom. The number of rotatable bonds is 11. The number of carbonyl (C=O) groups excluding carboxylic acids is 2. The van der Waals surface area contributed by atoms with Gasteiger partial charge >= 0.3 is 6.09 Å². The fraction of sp³-hybridized carbons (Fsp3) is 0.581. The molecule has 1 aliphatic heterocycles. The molecule has 1 aromatic heterocycles. The molecule has 0 spiro atoms. The van der Waals surface area contributed by atoms with Crippen LogP contribution in [0.2, 0.25) is 5.02 Å². The topological polar surface area (TPSA) is 75.2 Å². The second-order valence-corrected chi connectivity index (χ2v) is 12.1. The number of ether oxygens (including phenoxy) is 2. The number of benzene rings is 1. The molecule has 2 fully saturated rings. The lowest BCUT2D eigenvalue weighted by Crippen LogP contribution is -2.40. The van der Waals surface area contributed by atoms with Crippen LogP contribution in [0.25, 0.3) is 0 Å². The average Bonchev–Trinajstić information content (AvgIpc) is 3.63. The van der Waals surface area contributed by atoms with E-state index in [1.807, 2.05) is 20.8 Å². The Kier molecular flexibility index (Phi) is 10.7. The monoisotopic (exact) mass is 570 g/mol. The van der Waals surface area contributed by atoms with Crippen molar-refractivity contribution in [2.24, 2.45) is 0 Å². The first-order chi connectivity index (χ1) is 19.2. The molecular formula is C31H43ClN4O4. The van der Waals surface area contributed by atoms with E-state index in [4.69, 9.17) is 21.1 Å². The summed E-state index contributed by atoms with van der Waals surface area (Å²) in [5.74, 6) is 0.506. The number of aromatic nitrogens is 1. The third-order valence-electron chi connectivity index (χ3n) is 7.39. The molecule has 4 rings (SSSR count). The summed E-state index contributed by atoms with van der Waals surface area (Å²) in [6, 6.07) is 8.97. The summed E-state index contributed by atoms with van der Waals surface area (Å²) >= 11 is 6.46. The Hall–Kier alpha value is -2.84. The third-order valence-corrected chi connectivity index (χ3v) is 7.61. The van der Waals surface area contributed by atoms with Gasteiger partial charge in [-0.05, 0) is 103 Å². The van der Waals surface area contributed by atoms with E-state index < -0.39 is 11.7 Å². The van der Waals surface area contributed by atoms with Gasteiger partial charge < -0.3 is 19.3 Å². The number of carbonyl (C=O) groups is 2. The van der Waals surface area contributed by atoms with Crippen molar-refractivity contribution in [1.29, 1.82) is 0 Å². The first-order valence-electron chi connectivity index (χ1n) is 14.6. The van der Waals surface area contributed by atoms with E-state index in [-0.39, 0.29) is 25.1 Å². The SMILES string of the molecule is CC(C)(C)OC(=O)N(CCOc1cc(Cl)cc(C(=O)N(CCCN2CCCC2)C2CCCC2)c1)c1ccncc1. The van der Waals surface area contributed by atoms with Crippen molar-refractivity contribution < 1.29 is 19.1 Å². The maximum atomic E-state index is 13.8. The molecule has 0 unspecified atom stereocenters. The number of nitrogens with zero attached hydrogens (tertiary/aromatic N) is 4. The zero-order valence-corrected chi connectivity index (χ0v) is 24.9. The highest BCUT2D eigenvalue weighted by molar-refractivity contribution is 6.31.